The largest absolute Gasteiger partial charge is 0.310 e. The molecule has 0 bridgehead atoms. The maximum absolute atomic E-state index is 12.5. The van der Waals surface area contributed by atoms with Crippen molar-refractivity contribution in [1.82, 2.24) is 9.78 Å². The van der Waals surface area contributed by atoms with E-state index in [0.29, 0.717) is 11.7 Å². The number of para-hydroxylation sites is 1. The van der Waals surface area contributed by atoms with E-state index in [0.717, 1.165) is 22.1 Å². The van der Waals surface area contributed by atoms with Crippen LogP contribution in [0.3, 0.4) is 0 Å². The summed E-state index contributed by atoms with van der Waals surface area (Å²) in [6.45, 7) is 2.06. The average Bonchev–Trinajstić information content (AvgIpc) is 3.43. The summed E-state index contributed by atoms with van der Waals surface area (Å²) in [6.07, 6.45) is 2.37. The van der Waals surface area contributed by atoms with E-state index in [9.17, 15) is 4.79 Å². The van der Waals surface area contributed by atoms with Gasteiger partial charge in [0.1, 0.15) is 5.82 Å². The molecule has 1 aliphatic rings. The highest BCUT2D eigenvalue weighted by atomic mass is 32.2. The predicted octanol–water partition coefficient (Wildman–Crippen LogP) is 4.79. The minimum absolute atomic E-state index is 0.0185. The Morgan fingerprint density at radius 1 is 1.15 bits per heavy atom. The summed E-state index contributed by atoms with van der Waals surface area (Å²) < 4.78 is 1.84. The molecule has 1 amide bonds. The number of aryl methyl sites for hydroxylation is 1. The predicted molar refractivity (Wildman–Crippen MR) is 106 cm³/mol. The van der Waals surface area contributed by atoms with E-state index < -0.39 is 0 Å². The zero-order valence-corrected chi connectivity index (χ0v) is 15.5. The number of anilines is 1. The number of hydrogen-bond donors (Lipinski definition) is 1. The number of benzene rings is 2. The molecule has 1 aromatic heterocycles. The zero-order valence-electron chi connectivity index (χ0n) is 14.7. The van der Waals surface area contributed by atoms with Gasteiger partial charge in [0, 0.05) is 16.9 Å². The first-order valence-corrected chi connectivity index (χ1v) is 9.82. The fourth-order valence-corrected chi connectivity index (χ4v) is 3.49. The highest BCUT2D eigenvalue weighted by Crippen LogP contribution is 2.40. The first-order chi connectivity index (χ1) is 12.7. The second-order valence-electron chi connectivity index (χ2n) is 6.63. The fourth-order valence-electron chi connectivity index (χ4n) is 2.80. The van der Waals surface area contributed by atoms with Gasteiger partial charge in [-0.05, 0) is 44.0 Å². The number of hydrogen-bond acceptors (Lipinski definition) is 3. The molecule has 1 aliphatic carbocycles. The summed E-state index contributed by atoms with van der Waals surface area (Å²) in [7, 11) is 0. The first-order valence-electron chi connectivity index (χ1n) is 8.84. The molecule has 0 unspecified atom stereocenters. The quantitative estimate of drug-likeness (QED) is 0.641. The van der Waals surface area contributed by atoms with Crippen LogP contribution in [-0.2, 0) is 4.79 Å². The molecule has 132 valence electrons. The summed E-state index contributed by atoms with van der Waals surface area (Å²) in [6, 6.07) is 20.2. The van der Waals surface area contributed by atoms with Crippen LogP contribution in [0, 0.1) is 6.92 Å². The van der Waals surface area contributed by atoms with Gasteiger partial charge < -0.3 is 5.32 Å². The van der Waals surface area contributed by atoms with Crippen LogP contribution in [0.1, 0.15) is 30.0 Å². The van der Waals surface area contributed by atoms with Crippen LogP contribution in [0.15, 0.2) is 65.6 Å². The highest BCUT2D eigenvalue weighted by Gasteiger charge is 2.28. The molecule has 1 heterocycles. The second kappa shape index (κ2) is 7.38. The number of nitrogens with zero attached hydrogens (tertiary/aromatic N) is 2. The van der Waals surface area contributed by atoms with Gasteiger partial charge in [-0.2, -0.15) is 5.10 Å². The molecule has 26 heavy (non-hydrogen) atoms. The summed E-state index contributed by atoms with van der Waals surface area (Å²) in [4.78, 5) is 13.6. The Kier molecular flexibility index (Phi) is 4.80. The van der Waals surface area contributed by atoms with Gasteiger partial charge in [-0.1, -0.05) is 35.9 Å². The highest BCUT2D eigenvalue weighted by molar-refractivity contribution is 8.00. The SMILES string of the molecule is Cc1ccc(SCC(=O)Nc2cc(C3CC3)nn2-c2ccccc2)cc1. The molecule has 1 N–H and O–H groups in total. The molecule has 1 fully saturated rings. The van der Waals surface area contributed by atoms with Gasteiger partial charge >= 0.3 is 0 Å². The maximum atomic E-state index is 12.5. The summed E-state index contributed by atoms with van der Waals surface area (Å²) in [5.74, 6) is 1.64. The Morgan fingerprint density at radius 3 is 2.58 bits per heavy atom. The Balaban J connectivity index is 1.48. The molecular formula is C21H21N3OS. The van der Waals surface area contributed by atoms with Crippen LogP contribution in [0.5, 0.6) is 0 Å². The van der Waals surface area contributed by atoms with Gasteiger partial charge in [0.25, 0.3) is 0 Å². The average molecular weight is 363 g/mol. The third-order valence-electron chi connectivity index (χ3n) is 4.38. The lowest BCUT2D eigenvalue weighted by atomic mass is 10.2. The van der Waals surface area contributed by atoms with Crippen LogP contribution in [0.25, 0.3) is 5.69 Å². The van der Waals surface area contributed by atoms with Crippen molar-refractivity contribution in [2.24, 2.45) is 0 Å². The van der Waals surface area contributed by atoms with Crippen LogP contribution in [0.2, 0.25) is 0 Å². The molecule has 0 saturated heterocycles. The lowest BCUT2D eigenvalue weighted by molar-refractivity contribution is -0.113. The van der Waals surface area contributed by atoms with Gasteiger partial charge in [-0.3, -0.25) is 4.79 Å². The Hall–Kier alpha value is -2.53. The van der Waals surface area contributed by atoms with Gasteiger partial charge in [-0.15, -0.1) is 11.8 Å². The van der Waals surface area contributed by atoms with E-state index in [1.807, 2.05) is 53.2 Å². The first kappa shape index (κ1) is 16.9. The minimum atomic E-state index is -0.0185. The fraction of sp³-hybridized carbons (Fsp3) is 0.238. The van der Waals surface area contributed by atoms with Crippen molar-refractivity contribution in [1.29, 1.82) is 0 Å². The van der Waals surface area contributed by atoms with Crippen molar-refractivity contribution in [3.8, 4) is 5.69 Å². The van der Waals surface area contributed by atoms with Crippen molar-refractivity contribution >= 4 is 23.5 Å². The van der Waals surface area contributed by atoms with Gasteiger partial charge in [-0.25, -0.2) is 4.68 Å². The third-order valence-corrected chi connectivity index (χ3v) is 5.40. The van der Waals surface area contributed by atoms with Crippen LogP contribution >= 0.6 is 11.8 Å². The van der Waals surface area contributed by atoms with Crippen LogP contribution < -0.4 is 5.32 Å². The molecule has 0 radical (unpaired) electrons. The number of carbonyl (C=O) groups excluding carboxylic acids is 1. The normalized spacial score (nSPS) is 13.6. The monoisotopic (exact) mass is 363 g/mol. The molecular weight excluding hydrogens is 342 g/mol. The van der Waals surface area contributed by atoms with Crippen LogP contribution in [0.4, 0.5) is 5.82 Å². The van der Waals surface area contributed by atoms with Crippen molar-refractivity contribution in [3.63, 3.8) is 0 Å². The molecule has 1 saturated carbocycles. The van der Waals surface area contributed by atoms with E-state index in [4.69, 9.17) is 5.10 Å². The Bertz CT molecular complexity index is 899. The molecule has 4 nitrogen and oxygen atoms in total. The number of thioether (sulfide) groups is 1. The number of aromatic nitrogens is 2. The van der Waals surface area contributed by atoms with E-state index in [1.165, 1.54) is 18.4 Å². The van der Waals surface area contributed by atoms with Crippen molar-refractivity contribution in [2.75, 3.05) is 11.1 Å². The topological polar surface area (TPSA) is 46.9 Å². The number of carbonyl (C=O) groups is 1. The maximum Gasteiger partial charge on any atom is 0.235 e. The Labute approximate surface area is 157 Å². The molecule has 4 rings (SSSR count). The number of amides is 1. The zero-order chi connectivity index (χ0) is 17.9. The van der Waals surface area contributed by atoms with Crippen molar-refractivity contribution in [2.45, 2.75) is 30.6 Å². The summed E-state index contributed by atoms with van der Waals surface area (Å²) >= 11 is 1.54. The molecule has 0 spiro atoms. The van der Waals surface area contributed by atoms with Crippen molar-refractivity contribution in [3.05, 3.63) is 71.9 Å². The Morgan fingerprint density at radius 2 is 1.88 bits per heavy atom. The van der Waals surface area contributed by atoms with Gasteiger partial charge in [0.15, 0.2) is 0 Å². The van der Waals surface area contributed by atoms with E-state index >= 15 is 0 Å². The van der Waals surface area contributed by atoms with E-state index in [-0.39, 0.29) is 5.91 Å². The van der Waals surface area contributed by atoms with E-state index in [1.54, 1.807) is 11.8 Å². The molecule has 0 atom stereocenters. The van der Waals surface area contributed by atoms with Crippen LogP contribution in [-0.4, -0.2) is 21.4 Å². The molecule has 5 heteroatoms. The van der Waals surface area contributed by atoms with Gasteiger partial charge in [0.2, 0.25) is 5.91 Å². The second-order valence-corrected chi connectivity index (χ2v) is 7.67. The third kappa shape index (κ3) is 3.99. The summed E-state index contributed by atoms with van der Waals surface area (Å²) in [5.41, 5.74) is 3.24. The number of rotatable bonds is 6. The number of nitrogens with one attached hydrogen (secondary N) is 1. The lowest BCUT2D eigenvalue weighted by Gasteiger charge is -2.09. The summed E-state index contributed by atoms with van der Waals surface area (Å²) in [5, 5.41) is 7.75. The lowest BCUT2D eigenvalue weighted by Crippen LogP contribution is -2.16. The van der Waals surface area contributed by atoms with Gasteiger partial charge in [0.05, 0.1) is 17.1 Å². The molecule has 2 aromatic carbocycles. The minimum Gasteiger partial charge on any atom is -0.310 e. The smallest absolute Gasteiger partial charge is 0.235 e. The van der Waals surface area contributed by atoms with Crippen molar-refractivity contribution < 1.29 is 4.79 Å². The molecule has 0 aliphatic heterocycles. The van der Waals surface area contributed by atoms with E-state index in [2.05, 4.69) is 24.4 Å². The standard InChI is InChI=1S/C21H21N3OS/c1-15-7-11-18(12-8-15)26-14-21(25)22-20-13-19(16-9-10-16)23-24(20)17-5-3-2-4-6-17/h2-8,11-13,16H,9-10,14H2,1H3,(H,22,25). The molecule has 3 aromatic rings.